The van der Waals surface area contributed by atoms with Crippen LogP contribution in [0.15, 0.2) is 0 Å². The van der Waals surface area contributed by atoms with Crippen LogP contribution in [0, 0.1) is 33.6 Å². The average Bonchev–Trinajstić information content (AvgIpc) is 2.33. The smallest absolute Gasteiger partial charge is 0.123 e. The summed E-state index contributed by atoms with van der Waals surface area (Å²) in [6.07, 6.45) is 4.19. The lowest BCUT2D eigenvalue weighted by molar-refractivity contribution is -0.111. The van der Waals surface area contributed by atoms with Crippen molar-refractivity contribution in [3.8, 4) is 0 Å². The Balaban J connectivity index is 0.00000144. The first kappa shape index (κ1) is 14.0. The van der Waals surface area contributed by atoms with E-state index < -0.39 is 0 Å². The van der Waals surface area contributed by atoms with Gasteiger partial charge in [0.05, 0.1) is 0 Å². The Morgan fingerprint density at radius 2 is 1.47 bits per heavy atom. The van der Waals surface area contributed by atoms with Crippen LogP contribution in [0.2, 0.25) is 0 Å². The fourth-order valence-corrected chi connectivity index (χ4v) is 2.89. The lowest BCUT2D eigenvalue weighted by atomic mass is 9.77. The van der Waals surface area contributed by atoms with Gasteiger partial charge in [-0.2, -0.15) is 0 Å². The zero-order valence-corrected chi connectivity index (χ0v) is 11.3. The van der Waals surface area contributed by atoms with Gasteiger partial charge in [-0.15, -0.1) is 0 Å². The van der Waals surface area contributed by atoms with Crippen LogP contribution in [0.25, 0.3) is 0 Å². The number of fused-ring (bicyclic) bond motifs is 1. The second-order valence-corrected chi connectivity index (χ2v) is 5.10. The number of carbonyl (C=O) groups is 1. The highest BCUT2D eigenvalue weighted by atomic mass is 16.1. The summed E-state index contributed by atoms with van der Waals surface area (Å²) in [6, 6.07) is 0. The van der Waals surface area contributed by atoms with Gasteiger partial charge in [0.1, 0.15) is 6.29 Å². The van der Waals surface area contributed by atoms with Crippen LogP contribution in [-0.4, -0.2) is 14.7 Å². The largest absolute Gasteiger partial charge is 0.303 e. The molecule has 2 heteroatoms. The van der Waals surface area contributed by atoms with Crippen molar-refractivity contribution in [1.82, 2.24) is 0 Å². The molecular weight excluding hydrogens is 207 g/mol. The quantitative estimate of drug-likeness (QED) is 0.532. The predicted octanol–water partition coefficient (Wildman–Crippen LogP) is 2.84. The normalized spacial score (nSPS) is 18.2. The summed E-state index contributed by atoms with van der Waals surface area (Å²) < 4.78 is 0. The standard InChI is InChI=1S/C15H20O.B/c1-9-10(2)12(4)15-7-13(8-16)5-6-14(15)11(9)3;/h8,13H,5-7H2,1-4H3;. The highest BCUT2D eigenvalue weighted by molar-refractivity contribution is 5.75. The number of carbonyl (C=O) groups excluding carboxylic acids is 1. The Morgan fingerprint density at radius 3 is 2.00 bits per heavy atom. The first-order valence-corrected chi connectivity index (χ1v) is 6.09. The van der Waals surface area contributed by atoms with E-state index in [1.807, 2.05) is 0 Å². The maximum absolute atomic E-state index is 10.9. The molecule has 1 aliphatic carbocycles. The molecular formula is C15H20BO. The molecule has 0 bridgehead atoms. The highest BCUT2D eigenvalue weighted by Gasteiger charge is 2.23. The second-order valence-electron chi connectivity index (χ2n) is 5.10. The molecule has 1 nitrogen and oxygen atoms in total. The zero-order valence-electron chi connectivity index (χ0n) is 11.3. The fraction of sp³-hybridized carbons (Fsp3) is 0.533. The van der Waals surface area contributed by atoms with Gasteiger partial charge in [-0.05, 0) is 80.3 Å². The molecule has 3 radical (unpaired) electrons. The predicted molar refractivity (Wildman–Crippen MR) is 72.7 cm³/mol. The number of rotatable bonds is 1. The Morgan fingerprint density at radius 1 is 0.941 bits per heavy atom. The molecule has 0 saturated carbocycles. The van der Waals surface area contributed by atoms with Crippen LogP contribution >= 0.6 is 0 Å². The van der Waals surface area contributed by atoms with Gasteiger partial charge >= 0.3 is 0 Å². The molecule has 89 valence electrons. The summed E-state index contributed by atoms with van der Waals surface area (Å²) in [5.74, 6) is 0.243. The molecule has 0 spiro atoms. The van der Waals surface area contributed by atoms with Crippen molar-refractivity contribution in [1.29, 1.82) is 0 Å². The van der Waals surface area contributed by atoms with Gasteiger partial charge in [0.25, 0.3) is 0 Å². The average molecular weight is 227 g/mol. The van der Waals surface area contributed by atoms with Crippen LogP contribution in [0.5, 0.6) is 0 Å². The summed E-state index contributed by atoms with van der Waals surface area (Å²) in [7, 11) is 0. The first-order chi connectivity index (χ1) is 7.56. The molecule has 0 aromatic heterocycles. The number of hydrogen-bond donors (Lipinski definition) is 0. The minimum Gasteiger partial charge on any atom is -0.303 e. The van der Waals surface area contributed by atoms with Crippen molar-refractivity contribution in [3.05, 3.63) is 33.4 Å². The topological polar surface area (TPSA) is 17.1 Å². The van der Waals surface area contributed by atoms with Crippen molar-refractivity contribution < 1.29 is 4.79 Å². The van der Waals surface area contributed by atoms with Gasteiger partial charge in [-0.3, -0.25) is 0 Å². The molecule has 1 aromatic rings. The van der Waals surface area contributed by atoms with Crippen LogP contribution < -0.4 is 0 Å². The molecule has 2 rings (SSSR count). The lowest BCUT2D eigenvalue weighted by Gasteiger charge is -2.27. The minimum absolute atomic E-state index is 0. The molecule has 0 amide bonds. The first-order valence-electron chi connectivity index (χ1n) is 6.09. The van der Waals surface area contributed by atoms with Crippen LogP contribution in [-0.2, 0) is 17.6 Å². The van der Waals surface area contributed by atoms with Gasteiger partial charge < -0.3 is 4.79 Å². The van der Waals surface area contributed by atoms with Crippen LogP contribution in [0.3, 0.4) is 0 Å². The molecule has 17 heavy (non-hydrogen) atoms. The third-order valence-corrected chi connectivity index (χ3v) is 4.38. The summed E-state index contributed by atoms with van der Waals surface area (Å²) >= 11 is 0. The lowest BCUT2D eigenvalue weighted by Crippen LogP contribution is -2.19. The zero-order chi connectivity index (χ0) is 11.9. The second kappa shape index (κ2) is 5.08. The molecule has 0 aliphatic heterocycles. The molecule has 1 atom stereocenters. The van der Waals surface area contributed by atoms with Crippen molar-refractivity contribution in [2.75, 3.05) is 0 Å². The number of aldehydes is 1. The van der Waals surface area contributed by atoms with E-state index in [1.165, 1.54) is 33.4 Å². The van der Waals surface area contributed by atoms with E-state index in [4.69, 9.17) is 0 Å². The van der Waals surface area contributed by atoms with Crippen molar-refractivity contribution in [2.45, 2.75) is 47.0 Å². The van der Waals surface area contributed by atoms with Gasteiger partial charge in [-0.25, -0.2) is 0 Å². The number of hydrogen-bond acceptors (Lipinski definition) is 1. The summed E-state index contributed by atoms with van der Waals surface area (Å²) in [6.45, 7) is 8.84. The van der Waals surface area contributed by atoms with E-state index in [-0.39, 0.29) is 14.3 Å². The summed E-state index contributed by atoms with van der Waals surface area (Å²) in [5, 5.41) is 0. The van der Waals surface area contributed by atoms with Gasteiger partial charge in [0, 0.05) is 14.3 Å². The maximum atomic E-state index is 10.9. The Kier molecular flexibility index (Phi) is 4.18. The van der Waals surface area contributed by atoms with Crippen molar-refractivity contribution in [2.24, 2.45) is 5.92 Å². The summed E-state index contributed by atoms with van der Waals surface area (Å²) in [4.78, 5) is 10.9. The molecule has 0 heterocycles. The van der Waals surface area contributed by atoms with E-state index in [0.29, 0.717) is 0 Å². The fourth-order valence-electron chi connectivity index (χ4n) is 2.89. The van der Waals surface area contributed by atoms with Gasteiger partial charge in [-0.1, -0.05) is 0 Å². The minimum atomic E-state index is 0. The Hall–Kier alpha value is -1.05. The molecule has 1 aliphatic rings. The van der Waals surface area contributed by atoms with E-state index in [2.05, 4.69) is 27.7 Å². The molecule has 0 fully saturated rings. The van der Waals surface area contributed by atoms with E-state index in [1.54, 1.807) is 0 Å². The maximum Gasteiger partial charge on any atom is 0.123 e. The van der Waals surface area contributed by atoms with Crippen molar-refractivity contribution >= 4 is 14.7 Å². The molecule has 1 aromatic carbocycles. The Labute approximate surface area is 106 Å². The molecule has 1 unspecified atom stereocenters. The van der Waals surface area contributed by atoms with Crippen LogP contribution in [0.4, 0.5) is 0 Å². The monoisotopic (exact) mass is 227 g/mol. The highest BCUT2D eigenvalue weighted by Crippen LogP contribution is 2.33. The molecule has 0 saturated heterocycles. The summed E-state index contributed by atoms with van der Waals surface area (Å²) in [5.41, 5.74) is 8.65. The van der Waals surface area contributed by atoms with E-state index in [0.717, 1.165) is 25.5 Å². The third kappa shape index (κ3) is 2.18. The van der Waals surface area contributed by atoms with E-state index in [9.17, 15) is 4.79 Å². The molecule has 0 N–H and O–H groups in total. The van der Waals surface area contributed by atoms with Crippen molar-refractivity contribution in [3.63, 3.8) is 0 Å². The van der Waals surface area contributed by atoms with Crippen LogP contribution in [0.1, 0.15) is 39.8 Å². The van der Waals surface area contributed by atoms with E-state index >= 15 is 0 Å². The number of benzene rings is 1. The Bertz CT molecular complexity index is 449. The van der Waals surface area contributed by atoms with Gasteiger partial charge in [0.2, 0.25) is 0 Å². The third-order valence-electron chi connectivity index (χ3n) is 4.38. The SMILES string of the molecule is Cc1c(C)c(C)c2c(c1C)CCC(C=O)C2.[B]. The van der Waals surface area contributed by atoms with Gasteiger partial charge in [0.15, 0.2) is 0 Å².